The molecule has 46 valence electrons. The maximum Gasteiger partial charge on any atom is 0.0925 e. The number of hydrogen-bond acceptors (Lipinski definition) is 1. The van der Waals surface area contributed by atoms with Gasteiger partial charge in [0.15, 0.2) is 0 Å². The van der Waals surface area contributed by atoms with Gasteiger partial charge in [-0.25, -0.2) is 0 Å². The lowest BCUT2D eigenvalue weighted by atomic mass is 10.4. The lowest BCUT2D eigenvalue weighted by molar-refractivity contribution is 0.513. The second-order valence-electron chi connectivity index (χ2n) is 2.28. The van der Waals surface area contributed by atoms with Crippen molar-refractivity contribution in [2.45, 2.75) is 19.8 Å². The number of hydrogen-bond donors (Lipinski definition) is 1. The second-order valence-corrected chi connectivity index (χ2v) is 2.28. The molecule has 0 atom stereocenters. The summed E-state index contributed by atoms with van der Waals surface area (Å²) in [4.78, 5) is 2.11. The van der Waals surface area contributed by atoms with E-state index in [1.54, 1.807) is 0 Å². The van der Waals surface area contributed by atoms with E-state index in [1.807, 2.05) is 6.92 Å². The fourth-order valence-corrected chi connectivity index (χ4v) is 1.05. The molecule has 1 N–H and O–H groups in total. The van der Waals surface area contributed by atoms with Crippen LogP contribution < -0.4 is 0 Å². The minimum absolute atomic E-state index is 0.725. The topological polar surface area (TPSA) is 27.1 Å². The molecule has 1 saturated heterocycles. The Morgan fingerprint density at radius 3 is 2.12 bits per heavy atom. The zero-order valence-electron chi connectivity index (χ0n) is 5.28. The maximum absolute atomic E-state index is 7.22. The first kappa shape index (κ1) is 5.60. The van der Waals surface area contributed by atoms with Gasteiger partial charge in [-0.2, -0.15) is 0 Å². The lowest BCUT2D eigenvalue weighted by Crippen LogP contribution is -2.23. The van der Waals surface area contributed by atoms with Crippen LogP contribution in [0.4, 0.5) is 0 Å². The van der Waals surface area contributed by atoms with E-state index in [4.69, 9.17) is 5.41 Å². The lowest BCUT2D eigenvalue weighted by Gasteiger charge is -2.13. The number of amidine groups is 1. The van der Waals surface area contributed by atoms with Crippen molar-refractivity contribution in [3.05, 3.63) is 0 Å². The molecule has 0 radical (unpaired) electrons. The van der Waals surface area contributed by atoms with Gasteiger partial charge in [0.2, 0.25) is 0 Å². The SMILES string of the molecule is CC(=N)N1CCCC1. The Labute approximate surface area is 50.0 Å². The molecule has 2 heteroatoms. The van der Waals surface area contributed by atoms with Crippen molar-refractivity contribution in [2.24, 2.45) is 0 Å². The summed E-state index contributed by atoms with van der Waals surface area (Å²) in [6.07, 6.45) is 2.55. The van der Waals surface area contributed by atoms with E-state index in [-0.39, 0.29) is 0 Å². The van der Waals surface area contributed by atoms with Gasteiger partial charge in [0.25, 0.3) is 0 Å². The highest BCUT2D eigenvalue weighted by Gasteiger charge is 2.10. The van der Waals surface area contributed by atoms with Crippen LogP contribution in [-0.4, -0.2) is 23.8 Å². The van der Waals surface area contributed by atoms with E-state index in [0.717, 1.165) is 18.9 Å². The van der Waals surface area contributed by atoms with E-state index in [9.17, 15) is 0 Å². The third-order valence-corrected chi connectivity index (χ3v) is 1.58. The van der Waals surface area contributed by atoms with E-state index < -0.39 is 0 Å². The first-order chi connectivity index (χ1) is 3.80. The van der Waals surface area contributed by atoms with Gasteiger partial charge >= 0.3 is 0 Å². The molecule has 1 rings (SSSR count). The molecule has 0 bridgehead atoms. The number of nitrogens with zero attached hydrogens (tertiary/aromatic N) is 1. The predicted molar refractivity (Wildman–Crippen MR) is 34.2 cm³/mol. The van der Waals surface area contributed by atoms with Crippen LogP contribution in [0.25, 0.3) is 0 Å². The summed E-state index contributed by atoms with van der Waals surface area (Å²) in [6.45, 7) is 4.07. The van der Waals surface area contributed by atoms with E-state index >= 15 is 0 Å². The van der Waals surface area contributed by atoms with Gasteiger partial charge in [-0.3, -0.25) is 5.41 Å². The number of rotatable bonds is 0. The molecule has 0 aliphatic carbocycles. The molecule has 0 unspecified atom stereocenters. The molecular weight excluding hydrogens is 100 g/mol. The molecule has 1 aliphatic rings. The van der Waals surface area contributed by atoms with Gasteiger partial charge < -0.3 is 4.90 Å². The molecule has 0 spiro atoms. The molecule has 0 saturated carbocycles. The minimum atomic E-state index is 0.725. The van der Waals surface area contributed by atoms with Crippen LogP contribution in [-0.2, 0) is 0 Å². The Morgan fingerprint density at radius 2 is 1.88 bits per heavy atom. The van der Waals surface area contributed by atoms with Crippen molar-refractivity contribution in [3.8, 4) is 0 Å². The highest BCUT2D eigenvalue weighted by Crippen LogP contribution is 2.06. The number of nitrogens with one attached hydrogen (secondary N) is 1. The van der Waals surface area contributed by atoms with E-state index in [2.05, 4.69) is 4.90 Å². The summed E-state index contributed by atoms with van der Waals surface area (Å²) in [5, 5.41) is 7.22. The first-order valence-corrected chi connectivity index (χ1v) is 3.11. The fraction of sp³-hybridized carbons (Fsp3) is 0.833. The third-order valence-electron chi connectivity index (χ3n) is 1.58. The highest BCUT2D eigenvalue weighted by molar-refractivity contribution is 5.76. The van der Waals surface area contributed by atoms with Crippen molar-refractivity contribution in [1.29, 1.82) is 5.41 Å². The Kier molecular flexibility index (Phi) is 1.51. The van der Waals surface area contributed by atoms with Gasteiger partial charge in [-0.1, -0.05) is 0 Å². The summed E-state index contributed by atoms with van der Waals surface area (Å²) in [6, 6.07) is 0. The quantitative estimate of drug-likeness (QED) is 0.368. The summed E-state index contributed by atoms with van der Waals surface area (Å²) in [7, 11) is 0. The van der Waals surface area contributed by atoms with Gasteiger partial charge in [0.05, 0.1) is 5.84 Å². The molecule has 0 amide bonds. The van der Waals surface area contributed by atoms with Gasteiger partial charge in [0.1, 0.15) is 0 Å². The van der Waals surface area contributed by atoms with E-state index in [1.165, 1.54) is 12.8 Å². The molecule has 1 aliphatic heterocycles. The highest BCUT2D eigenvalue weighted by atomic mass is 15.2. The van der Waals surface area contributed by atoms with Crippen LogP contribution in [0.3, 0.4) is 0 Å². The van der Waals surface area contributed by atoms with Crippen LogP contribution in [0.1, 0.15) is 19.8 Å². The van der Waals surface area contributed by atoms with Crippen molar-refractivity contribution >= 4 is 5.84 Å². The average molecular weight is 112 g/mol. The second kappa shape index (κ2) is 2.16. The molecule has 1 heterocycles. The number of likely N-dealkylation sites (tertiary alicyclic amines) is 1. The summed E-state index contributed by atoms with van der Waals surface area (Å²) in [5.41, 5.74) is 0. The first-order valence-electron chi connectivity index (χ1n) is 3.11. The zero-order valence-corrected chi connectivity index (χ0v) is 5.28. The fourth-order valence-electron chi connectivity index (χ4n) is 1.05. The Bertz CT molecular complexity index is 92.7. The summed E-state index contributed by atoms with van der Waals surface area (Å²) in [5.74, 6) is 0.725. The molecule has 0 aromatic carbocycles. The van der Waals surface area contributed by atoms with Crippen molar-refractivity contribution in [1.82, 2.24) is 4.90 Å². The van der Waals surface area contributed by atoms with Crippen molar-refractivity contribution < 1.29 is 0 Å². The summed E-state index contributed by atoms with van der Waals surface area (Å²) < 4.78 is 0. The summed E-state index contributed by atoms with van der Waals surface area (Å²) >= 11 is 0. The molecule has 0 aromatic rings. The molecule has 1 fully saturated rings. The normalized spacial score (nSPS) is 19.4. The van der Waals surface area contributed by atoms with Crippen LogP contribution in [0, 0.1) is 5.41 Å². The van der Waals surface area contributed by atoms with Gasteiger partial charge in [-0.15, -0.1) is 0 Å². The Hall–Kier alpha value is -0.530. The minimum Gasteiger partial charge on any atom is -0.361 e. The Morgan fingerprint density at radius 1 is 1.38 bits per heavy atom. The van der Waals surface area contributed by atoms with Crippen molar-refractivity contribution in [3.63, 3.8) is 0 Å². The zero-order chi connectivity index (χ0) is 5.98. The molecule has 0 aromatic heterocycles. The molecule has 8 heavy (non-hydrogen) atoms. The van der Waals surface area contributed by atoms with Crippen LogP contribution in [0.5, 0.6) is 0 Å². The largest absolute Gasteiger partial charge is 0.361 e. The maximum atomic E-state index is 7.22. The smallest absolute Gasteiger partial charge is 0.0925 e. The van der Waals surface area contributed by atoms with Gasteiger partial charge in [0, 0.05) is 13.1 Å². The third kappa shape index (κ3) is 0.997. The molecule has 2 nitrogen and oxygen atoms in total. The monoisotopic (exact) mass is 112 g/mol. The van der Waals surface area contributed by atoms with Gasteiger partial charge in [-0.05, 0) is 19.8 Å². The Balaban J connectivity index is 2.35. The van der Waals surface area contributed by atoms with E-state index in [0.29, 0.717) is 0 Å². The average Bonchev–Trinajstić information content (AvgIpc) is 2.12. The van der Waals surface area contributed by atoms with Crippen LogP contribution >= 0.6 is 0 Å². The van der Waals surface area contributed by atoms with Crippen LogP contribution in [0.15, 0.2) is 0 Å². The van der Waals surface area contributed by atoms with Crippen LogP contribution in [0.2, 0.25) is 0 Å². The standard InChI is InChI=1S/C6H12N2/c1-6(7)8-4-2-3-5-8/h7H,2-5H2,1H3. The predicted octanol–water partition coefficient (Wildman–Crippen LogP) is 1.08. The van der Waals surface area contributed by atoms with Crippen molar-refractivity contribution in [2.75, 3.05) is 13.1 Å². The molecular formula is C6H12N2.